The summed E-state index contributed by atoms with van der Waals surface area (Å²) in [6.45, 7) is 3.17. The SMILES string of the molecule is CC(C)C(NS(=O)(=O)c1ccc(Cl)c(C#N)c1)C(=O)O. The van der Waals surface area contributed by atoms with E-state index in [9.17, 15) is 13.2 Å². The van der Waals surface area contributed by atoms with Crippen LogP contribution in [-0.4, -0.2) is 25.5 Å². The van der Waals surface area contributed by atoms with E-state index in [1.54, 1.807) is 19.9 Å². The number of sulfonamides is 1. The van der Waals surface area contributed by atoms with Gasteiger partial charge >= 0.3 is 5.97 Å². The Kier molecular flexibility index (Phi) is 5.11. The summed E-state index contributed by atoms with van der Waals surface area (Å²) >= 11 is 5.72. The Bertz CT molecular complexity index is 665. The number of aliphatic carboxylic acids is 1. The zero-order valence-corrected chi connectivity index (χ0v) is 12.4. The van der Waals surface area contributed by atoms with Crippen molar-refractivity contribution in [2.45, 2.75) is 24.8 Å². The van der Waals surface area contributed by atoms with Crippen LogP contribution in [0, 0.1) is 17.2 Å². The summed E-state index contributed by atoms with van der Waals surface area (Å²) in [6, 6.07) is 4.11. The minimum atomic E-state index is -4.04. The van der Waals surface area contributed by atoms with E-state index in [-0.39, 0.29) is 15.5 Å². The van der Waals surface area contributed by atoms with E-state index in [4.69, 9.17) is 22.0 Å². The Hall–Kier alpha value is -1.62. The number of hydrogen-bond acceptors (Lipinski definition) is 4. The number of carbonyl (C=O) groups is 1. The number of halogens is 1. The average molecular weight is 317 g/mol. The minimum Gasteiger partial charge on any atom is -0.480 e. The zero-order valence-electron chi connectivity index (χ0n) is 10.8. The fourth-order valence-electron chi connectivity index (χ4n) is 1.46. The molecule has 0 spiro atoms. The highest BCUT2D eigenvalue weighted by molar-refractivity contribution is 7.89. The maximum atomic E-state index is 12.1. The Labute approximate surface area is 122 Å². The van der Waals surface area contributed by atoms with Crippen LogP contribution >= 0.6 is 11.6 Å². The minimum absolute atomic E-state index is 0.00552. The number of carboxylic acid groups (broad SMARTS) is 1. The lowest BCUT2D eigenvalue weighted by molar-refractivity contribution is -0.140. The van der Waals surface area contributed by atoms with Gasteiger partial charge in [-0.25, -0.2) is 8.42 Å². The second-order valence-corrected chi connectivity index (χ2v) is 6.56. The molecular formula is C12H13ClN2O4S. The van der Waals surface area contributed by atoms with Crippen molar-refractivity contribution in [2.75, 3.05) is 0 Å². The highest BCUT2D eigenvalue weighted by atomic mass is 35.5. The van der Waals surface area contributed by atoms with Crippen LogP contribution in [0.15, 0.2) is 23.1 Å². The quantitative estimate of drug-likeness (QED) is 0.858. The van der Waals surface area contributed by atoms with E-state index in [0.717, 1.165) is 6.07 Å². The number of carboxylic acids is 1. The first-order valence-electron chi connectivity index (χ1n) is 5.64. The molecule has 8 heteroatoms. The van der Waals surface area contributed by atoms with Crippen LogP contribution in [0.1, 0.15) is 19.4 Å². The number of nitrogens with one attached hydrogen (secondary N) is 1. The van der Waals surface area contributed by atoms with Gasteiger partial charge in [0.05, 0.1) is 15.5 Å². The van der Waals surface area contributed by atoms with Crippen LogP contribution in [0.25, 0.3) is 0 Å². The summed E-state index contributed by atoms with van der Waals surface area (Å²) in [7, 11) is -4.04. The largest absolute Gasteiger partial charge is 0.480 e. The molecule has 0 saturated carbocycles. The van der Waals surface area contributed by atoms with Crippen molar-refractivity contribution >= 4 is 27.6 Å². The van der Waals surface area contributed by atoms with E-state index in [2.05, 4.69) is 4.72 Å². The molecule has 1 aromatic rings. The second kappa shape index (κ2) is 6.22. The Morgan fingerprint density at radius 2 is 2.05 bits per heavy atom. The molecule has 0 radical (unpaired) electrons. The molecule has 6 nitrogen and oxygen atoms in total. The number of nitrogens with zero attached hydrogens (tertiary/aromatic N) is 1. The van der Waals surface area contributed by atoms with Crippen molar-refractivity contribution in [1.29, 1.82) is 5.26 Å². The molecule has 20 heavy (non-hydrogen) atoms. The summed E-state index contributed by atoms with van der Waals surface area (Å²) < 4.78 is 26.3. The first-order chi connectivity index (χ1) is 9.19. The third kappa shape index (κ3) is 3.70. The predicted octanol–water partition coefficient (Wildman–Crippen LogP) is 1.60. The molecule has 0 bridgehead atoms. The molecule has 1 atom stereocenters. The van der Waals surface area contributed by atoms with Gasteiger partial charge in [0.15, 0.2) is 0 Å². The van der Waals surface area contributed by atoms with E-state index in [1.165, 1.54) is 12.1 Å². The van der Waals surface area contributed by atoms with Crippen molar-refractivity contribution in [2.24, 2.45) is 5.92 Å². The van der Waals surface area contributed by atoms with E-state index in [1.807, 2.05) is 0 Å². The molecule has 1 rings (SSSR count). The maximum absolute atomic E-state index is 12.1. The van der Waals surface area contributed by atoms with Crippen LogP contribution in [0.5, 0.6) is 0 Å². The summed E-state index contributed by atoms with van der Waals surface area (Å²) in [5.74, 6) is -1.69. The topological polar surface area (TPSA) is 107 Å². The second-order valence-electron chi connectivity index (χ2n) is 4.43. The van der Waals surface area contributed by atoms with Crippen LogP contribution in [0.4, 0.5) is 0 Å². The monoisotopic (exact) mass is 316 g/mol. The lowest BCUT2D eigenvalue weighted by Crippen LogP contribution is -2.44. The summed E-state index contributed by atoms with van der Waals surface area (Å²) in [6.07, 6.45) is 0. The van der Waals surface area contributed by atoms with Crippen molar-refractivity contribution in [3.05, 3.63) is 28.8 Å². The van der Waals surface area contributed by atoms with Crippen LogP contribution in [0.3, 0.4) is 0 Å². The number of hydrogen-bond donors (Lipinski definition) is 2. The predicted molar refractivity (Wildman–Crippen MR) is 72.8 cm³/mol. The van der Waals surface area contributed by atoms with Crippen LogP contribution < -0.4 is 4.72 Å². The van der Waals surface area contributed by atoms with Gasteiger partial charge in [0, 0.05) is 0 Å². The first-order valence-corrected chi connectivity index (χ1v) is 7.50. The molecule has 0 aliphatic carbocycles. The van der Waals surface area contributed by atoms with Gasteiger partial charge in [-0.05, 0) is 24.1 Å². The maximum Gasteiger partial charge on any atom is 0.322 e. The number of nitriles is 1. The van der Waals surface area contributed by atoms with Gasteiger partial charge in [-0.3, -0.25) is 4.79 Å². The number of rotatable bonds is 5. The van der Waals surface area contributed by atoms with Gasteiger partial charge in [0.25, 0.3) is 0 Å². The average Bonchev–Trinajstić information content (AvgIpc) is 2.35. The molecule has 0 amide bonds. The molecule has 1 aromatic carbocycles. The Morgan fingerprint density at radius 3 is 2.50 bits per heavy atom. The van der Waals surface area contributed by atoms with Crippen LogP contribution in [-0.2, 0) is 14.8 Å². The van der Waals surface area contributed by atoms with Gasteiger partial charge in [0.1, 0.15) is 12.1 Å². The van der Waals surface area contributed by atoms with Gasteiger partial charge in [-0.2, -0.15) is 9.98 Å². The summed E-state index contributed by atoms with van der Waals surface area (Å²) in [5, 5.41) is 18.0. The number of benzene rings is 1. The molecule has 2 N–H and O–H groups in total. The van der Waals surface area contributed by atoms with E-state index in [0.29, 0.717) is 0 Å². The van der Waals surface area contributed by atoms with E-state index < -0.39 is 28.0 Å². The smallest absolute Gasteiger partial charge is 0.322 e. The highest BCUT2D eigenvalue weighted by Crippen LogP contribution is 2.20. The van der Waals surface area contributed by atoms with Crippen molar-refractivity contribution < 1.29 is 18.3 Å². The molecule has 1 unspecified atom stereocenters. The van der Waals surface area contributed by atoms with Crippen molar-refractivity contribution in [3.8, 4) is 6.07 Å². The molecule has 0 fully saturated rings. The third-order valence-corrected chi connectivity index (χ3v) is 4.35. The van der Waals surface area contributed by atoms with Gasteiger partial charge in [-0.1, -0.05) is 25.4 Å². The molecule has 0 aliphatic rings. The molecule has 0 aliphatic heterocycles. The molecular weight excluding hydrogens is 304 g/mol. The lowest BCUT2D eigenvalue weighted by atomic mass is 10.1. The summed E-state index contributed by atoms with van der Waals surface area (Å²) in [4.78, 5) is 10.8. The first kappa shape index (κ1) is 16.4. The molecule has 0 saturated heterocycles. The fraction of sp³-hybridized carbons (Fsp3) is 0.333. The molecule has 0 aromatic heterocycles. The Balaban J connectivity index is 3.18. The summed E-state index contributed by atoms with van der Waals surface area (Å²) in [5.41, 5.74) is 0.00552. The Morgan fingerprint density at radius 1 is 1.45 bits per heavy atom. The standard InChI is InChI=1S/C12H13ClN2O4S/c1-7(2)11(12(16)17)15-20(18,19)9-3-4-10(13)8(5-9)6-14/h3-5,7,11,15H,1-2H3,(H,16,17). The third-order valence-electron chi connectivity index (χ3n) is 2.58. The van der Waals surface area contributed by atoms with Gasteiger partial charge < -0.3 is 5.11 Å². The van der Waals surface area contributed by atoms with Gasteiger partial charge in [0.2, 0.25) is 10.0 Å². The van der Waals surface area contributed by atoms with Crippen LogP contribution in [0.2, 0.25) is 5.02 Å². The normalized spacial score (nSPS) is 12.9. The van der Waals surface area contributed by atoms with Crippen molar-refractivity contribution in [3.63, 3.8) is 0 Å². The van der Waals surface area contributed by atoms with E-state index >= 15 is 0 Å². The van der Waals surface area contributed by atoms with Crippen molar-refractivity contribution in [1.82, 2.24) is 4.72 Å². The lowest BCUT2D eigenvalue weighted by Gasteiger charge is -2.18. The highest BCUT2D eigenvalue weighted by Gasteiger charge is 2.28. The fourth-order valence-corrected chi connectivity index (χ4v) is 2.99. The molecule has 0 heterocycles. The van der Waals surface area contributed by atoms with Gasteiger partial charge in [-0.15, -0.1) is 0 Å². The zero-order chi connectivity index (χ0) is 15.5. The molecule has 108 valence electrons.